The van der Waals surface area contributed by atoms with Crippen LogP contribution in [0.1, 0.15) is 39.0 Å². The third-order valence-electron chi connectivity index (χ3n) is 2.45. The molecule has 0 aliphatic rings. The van der Waals surface area contributed by atoms with Gasteiger partial charge in [-0.25, -0.2) is 0 Å². The SMILES string of the molecule is CCCNC(=O)CCC(=O)N(C)CCCC(=O)O. The van der Waals surface area contributed by atoms with E-state index in [9.17, 15) is 14.4 Å². The van der Waals surface area contributed by atoms with Crippen molar-refractivity contribution in [3.63, 3.8) is 0 Å². The maximum atomic E-state index is 11.6. The lowest BCUT2D eigenvalue weighted by molar-refractivity contribution is -0.138. The summed E-state index contributed by atoms with van der Waals surface area (Å²) >= 11 is 0. The van der Waals surface area contributed by atoms with Crippen LogP contribution < -0.4 is 5.32 Å². The molecular formula is C12H22N2O4. The molecule has 2 amide bonds. The van der Waals surface area contributed by atoms with Gasteiger partial charge in [-0.1, -0.05) is 6.92 Å². The Morgan fingerprint density at radius 1 is 1.17 bits per heavy atom. The number of carboxylic acid groups (broad SMARTS) is 1. The smallest absolute Gasteiger partial charge is 0.303 e. The molecule has 0 saturated heterocycles. The highest BCUT2D eigenvalue weighted by Gasteiger charge is 2.11. The molecule has 0 rings (SSSR count). The zero-order valence-corrected chi connectivity index (χ0v) is 11.1. The van der Waals surface area contributed by atoms with Crippen molar-refractivity contribution in [3.8, 4) is 0 Å². The molecule has 0 unspecified atom stereocenters. The zero-order chi connectivity index (χ0) is 14.0. The number of carboxylic acids is 1. The second-order valence-electron chi connectivity index (χ2n) is 4.16. The quantitative estimate of drug-likeness (QED) is 0.634. The first-order valence-corrected chi connectivity index (χ1v) is 6.19. The van der Waals surface area contributed by atoms with Crippen molar-refractivity contribution < 1.29 is 19.5 Å². The number of hydrogen-bond acceptors (Lipinski definition) is 3. The largest absolute Gasteiger partial charge is 0.481 e. The van der Waals surface area contributed by atoms with Gasteiger partial charge in [0.15, 0.2) is 0 Å². The van der Waals surface area contributed by atoms with Crippen LogP contribution in [-0.4, -0.2) is 47.9 Å². The minimum absolute atomic E-state index is 0.0502. The van der Waals surface area contributed by atoms with Crippen molar-refractivity contribution in [3.05, 3.63) is 0 Å². The maximum Gasteiger partial charge on any atom is 0.303 e. The Bertz CT molecular complexity index is 292. The number of carbonyl (C=O) groups is 3. The van der Waals surface area contributed by atoms with Gasteiger partial charge >= 0.3 is 5.97 Å². The van der Waals surface area contributed by atoms with Gasteiger partial charge in [0.1, 0.15) is 0 Å². The van der Waals surface area contributed by atoms with E-state index in [-0.39, 0.29) is 31.1 Å². The van der Waals surface area contributed by atoms with Crippen molar-refractivity contribution >= 4 is 17.8 Å². The molecule has 6 nitrogen and oxygen atoms in total. The lowest BCUT2D eigenvalue weighted by Crippen LogP contribution is -2.30. The van der Waals surface area contributed by atoms with Gasteiger partial charge in [0.2, 0.25) is 11.8 Å². The molecule has 0 aromatic carbocycles. The van der Waals surface area contributed by atoms with Crippen LogP contribution in [0, 0.1) is 0 Å². The van der Waals surface area contributed by atoms with Gasteiger partial charge in [-0.2, -0.15) is 0 Å². The van der Waals surface area contributed by atoms with Crippen LogP contribution in [0.4, 0.5) is 0 Å². The van der Waals surface area contributed by atoms with Gasteiger partial charge in [-0.3, -0.25) is 14.4 Å². The number of amides is 2. The summed E-state index contributed by atoms with van der Waals surface area (Å²) in [6.07, 6.45) is 1.70. The van der Waals surface area contributed by atoms with Crippen LogP contribution in [0.2, 0.25) is 0 Å². The number of aliphatic carboxylic acids is 1. The van der Waals surface area contributed by atoms with Crippen molar-refractivity contribution in [1.29, 1.82) is 0 Å². The molecule has 0 aromatic rings. The van der Waals surface area contributed by atoms with Gasteiger partial charge in [-0.05, 0) is 12.8 Å². The second-order valence-corrected chi connectivity index (χ2v) is 4.16. The first-order chi connectivity index (χ1) is 8.47. The zero-order valence-electron chi connectivity index (χ0n) is 11.1. The Balaban J connectivity index is 3.73. The summed E-state index contributed by atoms with van der Waals surface area (Å²) < 4.78 is 0. The lowest BCUT2D eigenvalue weighted by Gasteiger charge is -2.16. The molecule has 0 atom stereocenters. The van der Waals surface area contributed by atoms with E-state index in [2.05, 4.69) is 5.32 Å². The molecule has 2 N–H and O–H groups in total. The summed E-state index contributed by atoms with van der Waals surface area (Å²) in [5, 5.41) is 11.2. The fourth-order valence-electron chi connectivity index (χ4n) is 1.36. The van der Waals surface area contributed by atoms with E-state index in [1.54, 1.807) is 7.05 Å². The molecule has 0 bridgehead atoms. The molecule has 0 aliphatic heterocycles. The predicted molar refractivity (Wildman–Crippen MR) is 67.0 cm³/mol. The van der Waals surface area contributed by atoms with Gasteiger partial charge in [0, 0.05) is 39.4 Å². The summed E-state index contributed by atoms with van der Waals surface area (Å²) in [6.45, 7) is 2.99. The maximum absolute atomic E-state index is 11.6. The van der Waals surface area contributed by atoms with Crippen LogP contribution in [0.5, 0.6) is 0 Å². The lowest BCUT2D eigenvalue weighted by atomic mass is 10.2. The van der Waals surface area contributed by atoms with Crippen LogP contribution in [0.3, 0.4) is 0 Å². The molecule has 0 saturated carbocycles. The molecule has 104 valence electrons. The van der Waals surface area contributed by atoms with Gasteiger partial charge in [0.05, 0.1) is 0 Å². The van der Waals surface area contributed by atoms with Crippen molar-refractivity contribution in [2.24, 2.45) is 0 Å². The molecule has 18 heavy (non-hydrogen) atoms. The molecular weight excluding hydrogens is 236 g/mol. The third-order valence-corrected chi connectivity index (χ3v) is 2.45. The van der Waals surface area contributed by atoms with Gasteiger partial charge in [0.25, 0.3) is 0 Å². The van der Waals surface area contributed by atoms with Crippen LogP contribution in [0.15, 0.2) is 0 Å². The average Bonchev–Trinajstić information content (AvgIpc) is 2.32. The Labute approximate surface area is 107 Å². The minimum Gasteiger partial charge on any atom is -0.481 e. The summed E-state index contributed by atoms with van der Waals surface area (Å²) in [5.41, 5.74) is 0. The fourth-order valence-corrected chi connectivity index (χ4v) is 1.36. The predicted octanol–water partition coefficient (Wildman–Crippen LogP) is 0.616. The molecule has 0 aromatic heterocycles. The van der Waals surface area contributed by atoms with Crippen LogP contribution in [-0.2, 0) is 14.4 Å². The first-order valence-electron chi connectivity index (χ1n) is 6.19. The van der Waals surface area contributed by atoms with Crippen molar-refractivity contribution in [1.82, 2.24) is 10.2 Å². The Hall–Kier alpha value is -1.59. The summed E-state index contributed by atoms with van der Waals surface area (Å²) in [5.74, 6) is -1.12. The number of nitrogens with zero attached hydrogens (tertiary/aromatic N) is 1. The van der Waals surface area contributed by atoms with Gasteiger partial charge in [-0.15, -0.1) is 0 Å². The van der Waals surface area contributed by atoms with Crippen LogP contribution >= 0.6 is 0 Å². The Morgan fingerprint density at radius 3 is 2.39 bits per heavy atom. The second kappa shape index (κ2) is 9.44. The Kier molecular flexibility index (Phi) is 8.61. The number of nitrogens with one attached hydrogen (secondary N) is 1. The van der Waals surface area contributed by atoms with Crippen molar-refractivity contribution in [2.45, 2.75) is 39.0 Å². The van der Waals surface area contributed by atoms with E-state index in [4.69, 9.17) is 5.11 Å². The summed E-state index contributed by atoms with van der Waals surface area (Å²) in [7, 11) is 1.62. The third kappa shape index (κ3) is 8.55. The normalized spacial score (nSPS) is 9.89. The van der Waals surface area contributed by atoms with Crippen LogP contribution in [0.25, 0.3) is 0 Å². The average molecular weight is 258 g/mol. The van der Waals surface area contributed by atoms with E-state index in [1.807, 2.05) is 6.92 Å². The van der Waals surface area contributed by atoms with Gasteiger partial charge < -0.3 is 15.3 Å². The van der Waals surface area contributed by atoms with Crippen molar-refractivity contribution in [2.75, 3.05) is 20.1 Å². The monoisotopic (exact) mass is 258 g/mol. The standard InChI is InChI=1S/C12H22N2O4/c1-3-8-13-10(15)6-7-11(16)14(2)9-4-5-12(17)18/h3-9H2,1-2H3,(H,13,15)(H,17,18). The molecule has 0 fully saturated rings. The summed E-state index contributed by atoms with van der Waals surface area (Å²) in [6, 6.07) is 0. The minimum atomic E-state index is -0.866. The highest BCUT2D eigenvalue weighted by Crippen LogP contribution is 1.99. The van der Waals surface area contributed by atoms with E-state index < -0.39 is 5.97 Å². The molecule has 0 radical (unpaired) electrons. The van der Waals surface area contributed by atoms with E-state index in [0.29, 0.717) is 19.5 Å². The molecule has 0 heterocycles. The van der Waals surface area contributed by atoms with E-state index in [1.165, 1.54) is 4.90 Å². The molecule has 6 heteroatoms. The topological polar surface area (TPSA) is 86.7 Å². The Morgan fingerprint density at radius 2 is 1.83 bits per heavy atom. The number of rotatable bonds is 9. The number of carbonyl (C=O) groups excluding carboxylic acids is 2. The highest BCUT2D eigenvalue weighted by atomic mass is 16.4. The van der Waals surface area contributed by atoms with E-state index in [0.717, 1.165) is 6.42 Å². The first kappa shape index (κ1) is 16.4. The molecule has 0 spiro atoms. The van der Waals surface area contributed by atoms with E-state index >= 15 is 0 Å². The highest BCUT2D eigenvalue weighted by molar-refractivity contribution is 5.83. The number of hydrogen-bond donors (Lipinski definition) is 2. The molecule has 0 aliphatic carbocycles. The fraction of sp³-hybridized carbons (Fsp3) is 0.750. The summed E-state index contributed by atoms with van der Waals surface area (Å²) in [4.78, 5) is 34.6.